The summed E-state index contributed by atoms with van der Waals surface area (Å²) in [5.41, 5.74) is 0.859. The number of aryl methyl sites for hydroxylation is 1. The van der Waals surface area contributed by atoms with Crippen molar-refractivity contribution in [1.29, 1.82) is 0 Å². The zero-order valence-electron chi connectivity index (χ0n) is 6.99. The standard InChI is InChI=1S/C9H8INOS/c1-6-9(13)8(12-11-6)7-4-2-3-5-10-7/h2-5,13H,1H3. The van der Waals surface area contributed by atoms with E-state index in [-0.39, 0.29) is 20.7 Å². The molecule has 1 aromatic rings. The van der Waals surface area contributed by atoms with Gasteiger partial charge in [0.2, 0.25) is 0 Å². The molecule has 0 aromatic carbocycles. The number of thiol groups is 1. The number of hydrogen-bond donors (Lipinski definition) is 1. The van der Waals surface area contributed by atoms with E-state index in [0.717, 1.165) is 16.3 Å². The van der Waals surface area contributed by atoms with Gasteiger partial charge in [-0.3, -0.25) is 0 Å². The third-order valence-corrected chi connectivity index (χ3v) is 4.48. The molecule has 68 valence electrons. The second-order valence-corrected chi connectivity index (χ2v) is 5.53. The number of hydrogen-bond acceptors (Lipinski definition) is 3. The van der Waals surface area contributed by atoms with Crippen molar-refractivity contribution < 1.29 is 4.52 Å². The average molecular weight is 305 g/mol. The summed E-state index contributed by atoms with van der Waals surface area (Å²) in [5.74, 6) is 0.842. The molecule has 0 radical (unpaired) electrons. The zero-order valence-corrected chi connectivity index (χ0v) is 10.0. The van der Waals surface area contributed by atoms with Gasteiger partial charge in [0, 0.05) is 0 Å². The summed E-state index contributed by atoms with van der Waals surface area (Å²) in [6.07, 6.45) is 6.16. The van der Waals surface area contributed by atoms with Crippen molar-refractivity contribution in [3.63, 3.8) is 0 Å². The molecule has 0 atom stereocenters. The highest BCUT2D eigenvalue weighted by atomic mass is 127. The molecule has 4 heteroatoms. The molecule has 1 aromatic heterocycles. The summed E-state index contributed by atoms with van der Waals surface area (Å²) in [4.78, 5) is 0.870. The topological polar surface area (TPSA) is 26.0 Å². The van der Waals surface area contributed by atoms with Crippen LogP contribution in [0.3, 0.4) is 0 Å². The Balaban J connectivity index is 2.47. The van der Waals surface area contributed by atoms with Gasteiger partial charge in [-0.1, -0.05) is 38.0 Å². The number of nitrogens with zero attached hydrogens (tertiary/aromatic N) is 1. The van der Waals surface area contributed by atoms with Gasteiger partial charge in [0.25, 0.3) is 0 Å². The van der Waals surface area contributed by atoms with Gasteiger partial charge in [-0.25, -0.2) is 0 Å². The molecule has 0 unspecified atom stereocenters. The van der Waals surface area contributed by atoms with Crippen LogP contribution in [-0.2, 0) is 0 Å². The van der Waals surface area contributed by atoms with Crippen LogP contribution in [0, 0.1) is 6.92 Å². The van der Waals surface area contributed by atoms with Crippen LogP contribution < -0.4 is 0 Å². The molecule has 2 rings (SSSR count). The minimum atomic E-state index is -0.0666. The predicted molar refractivity (Wildman–Crippen MR) is 64.9 cm³/mol. The number of halogens is 1. The Morgan fingerprint density at radius 3 is 2.85 bits per heavy atom. The first-order valence-electron chi connectivity index (χ1n) is 3.78. The fraction of sp³-hybridized carbons (Fsp3) is 0.111. The molecule has 2 nitrogen and oxygen atoms in total. The normalized spacial score (nSPS) is 15.4. The third-order valence-electron chi connectivity index (χ3n) is 1.66. The first-order chi connectivity index (χ1) is 6.29. The highest BCUT2D eigenvalue weighted by Gasteiger charge is 2.12. The summed E-state index contributed by atoms with van der Waals surface area (Å²) >= 11 is 4.29. The molecule has 0 saturated carbocycles. The maximum atomic E-state index is 5.21. The van der Waals surface area contributed by atoms with Crippen molar-refractivity contribution in [2.45, 2.75) is 11.8 Å². The van der Waals surface area contributed by atoms with Crippen molar-refractivity contribution in [2.75, 3.05) is 0 Å². The summed E-state index contributed by atoms with van der Waals surface area (Å²) in [7, 11) is 0. The first-order valence-corrected chi connectivity index (χ1v) is 6.55. The van der Waals surface area contributed by atoms with Gasteiger partial charge in [0.15, 0.2) is 5.76 Å². The van der Waals surface area contributed by atoms with Crippen LogP contribution in [0.25, 0.3) is 0 Å². The van der Waals surface area contributed by atoms with Gasteiger partial charge in [-0.05, 0) is 17.1 Å². The Bertz CT molecular complexity index is 417. The Morgan fingerprint density at radius 2 is 2.31 bits per heavy atom. The molecule has 0 bridgehead atoms. The third kappa shape index (κ3) is 1.78. The van der Waals surface area contributed by atoms with Crippen LogP contribution in [-0.4, -0.2) is 8.67 Å². The summed E-state index contributed by atoms with van der Waals surface area (Å²) in [5, 5.41) is 3.88. The Labute approximate surface area is 91.9 Å². The maximum Gasteiger partial charge on any atom is 0.186 e. The van der Waals surface area contributed by atoms with Crippen LogP contribution in [0.5, 0.6) is 0 Å². The molecule has 1 aliphatic rings. The van der Waals surface area contributed by atoms with E-state index in [1.165, 1.54) is 3.51 Å². The van der Waals surface area contributed by atoms with E-state index in [9.17, 15) is 0 Å². The predicted octanol–water partition coefficient (Wildman–Crippen LogP) is 2.85. The van der Waals surface area contributed by atoms with E-state index in [0.29, 0.717) is 0 Å². The van der Waals surface area contributed by atoms with Gasteiger partial charge >= 0.3 is 0 Å². The molecule has 0 spiro atoms. The second-order valence-electron chi connectivity index (χ2n) is 2.58. The van der Waals surface area contributed by atoms with Crippen molar-refractivity contribution in [1.82, 2.24) is 5.16 Å². The van der Waals surface area contributed by atoms with E-state index in [1.54, 1.807) is 0 Å². The fourth-order valence-electron chi connectivity index (χ4n) is 0.969. The average Bonchev–Trinajstić information content (AvgIpc) is 2.49. The number of aromatic nitrogens is 1. The van der Waals surface area contributed by atoms with Crippen molar-refractivity contribution in [3.8, 4) is 0 Å². The van der Waals surface area contributed by atoms with Crippen LogP contribution in [0.1, 0.15) is 11.5 Å². The van der Waals surface area contributed by atoms with Gasteiger partial charge in [0.1, 0.15) is 0 Å². The molecule has 13 heavy (non-hydrogen) atoms. The monoisotopic (exact) mass is 305 g/mol. The quantitative estimate of drug-likeness (QED) is 0.638. The van der Waals surface area contributed by atoms with E-state index in [2.05, 4.69) is 34.0 Å². The molecule has 0 N–H and O–H groups in total. The van der Waals surface area contributed by atoms with Gasteiger partial charge < -0.3 is 4.52 Å². The van der Waals surface area contributed by atoms with Gasteiger partial charge in [-0.15, -0.1) is 12.6 Å². The Kier molecular flexibility index (Phi) is 2.69. The molecular weight excluding hydrogens is 297 g/mol. The molecule has 0 fully saturated rings. The molecule has 0 aliphatic carbocycles. The number of rotatable bonds is 1. The molecule has 0 amide bonds. The van der Waals surface area contributed by atoms with Crippen LogP contribution >= 0.6 is 33.4 Å². The van der Waals surface area contributed by atoms with E-state index < -0.39 is 0 Å². The van der Waals surface area contributed by atoms with Crippen LogP contribution in [0.15, 0.2) is 31.7 Å². The lowest BCUT2D eigenvalue weighted by Gasteiger charge is -1.97. The zero-order chi connectivity index (χ0) is 9.26. The van der Waals surface area contributed by atoms with Crippen molar-refractivity contribution >= 4 is 36.9 Å². The lowest BCUT2D eigenvalue weighted by Crippen LogP contribution is -1.92. The smallest absolute Gasteiger partial charge is 0.186 e. The van der Waals surface area contributed by atoms with E-state index in [1.807, 2.05) is 13.0 Å². The molecule has 2 heterocycles. The van der Waals surface area contributed by atoms with E-state index >= 15 is 0 Å². The Morgan fingerprint density at radius 1 is 1.46 bits per heavy atom. The summed E-state index contributed by atoms with van der Waals surface area (Å²) in [6, 6.07) is 0. The molecule has 1 aliphatic heterocycles. The fourth-order valence-corrected chi connectivity index (χ4v) is 3.29. The minimum Gasteiger partial charge on any atom is -0.354 e. The highest BCUT2D eigenvalue weighted by Crippen LogP contribution is 2.24. The molecule has 0 saturated heterocycles. The van der Waals surface area contributed by atoms with Crippen LogP contribution in [0.4, 0.5) is 0 Å². The van der Waals surface area contributed by atoms with Gasteiger partial charge in [-0.2, -0.15) is 0 Å². The highest BCUT2D eigenvalue weighted by molar-refractivity contribution is 14.2. The molecular formula is C9H8INOS. The summed E-state index contributed by atoms with van der Waals surface area (Å²) < 4.78 is 8.65. The minimum absolute atomic E-state index is 0.0666. The van der Waals surface area contributed by atoms with Gasteiger partial charge in [0.05, 0.1) is 14.1 Å². The lowest BCUT2D eigenvalue weighted by molar-refractivity contribution is 0.408. The second kappa shape index (κ2) is 3.79. The Hall–Kier alpha value is -0.360. The first kappa shape index (κ1) is 9.21. The van der Waals surface area contributed by atoms with Crippen molar-refractivity contribution in [2.24, 2.45) is 0 Å². The van der Waals surface area contributed by atoms with Crippen LogP contribution in [0.2, 0.25) is 0 Å². The largest absolute Gasteiger partial charge is 0.354 e. The lowest BCUT2D eigenvalue weighted by atomic mass is 10.3. The van der Waals surface area contributed by atoms with Crippen molar-refractivity contribution in [3.05, 3.63) is 33.8 Å². The number of allylic oxidation sites excluding steroid dienone is 3. The SMILES string of the molecule is Cc1noc(C2=IC=CC=C2)c1S. The maximum absolute atomic E-state index is 5.21. The summed E-state index contributed by atoms with van der Waals surface area (Å²) in [6.45, 7) is 1.90. The van der Waals surface area contributed by atoms with E-state index in [4.69, 9.17) is 4.52 Å².